The summed E-state index contributed by atoms with van der Waals surface area (Å²) >= 11 is 0. The van der Waals surface area contributed by atoms with E-state index in [1.165, 1.54) is 12.1 Å². The molecule has 0 saturated carbocycles. The Bertz CT molecular complexity index is 558. The normalized spacial score (nSPS) is 19.2. The predicted molar refractivity (Wildman–Crippen MR) is 73.7 cm³/mol. The van der Waals surface area contributed by atoms with Crippen LogP contribution in [0.4, 0.5) is 13.2 Å². The number of carbonyl (C=O) groups is 2. The molecule has 2 N–H and O–H groups in total. The molecule has 0 aliphatic carbocycles. The number of hydrogen-bond acceptors (Lipinski definition) is 2. The van der Waals surface area contributed by atoms with Crippen molar-refractivity contribution in [1.29, 1.82) is 0 Å². The van der Waals surface area contributed by atoms with Crippen molar-refractivity contribution >= 4 is 11.8 Å². The molecule has 4 nitrogen and oxygen atoms in total. The molecule has 0 radical (unpaired) electrons. The molecule has 2 amide bonds. The number of carbonyl (C=O) groups excluding carboxylic acids is 2. The number of amides is 2. The number of rotatable bonds is 3. The minimum Gasteiger partial charge on any atom is -0.350 e. The van der Waals surface area contributed by atoms with Crippen molar-refractivity contribution in [2.45, 2.75) is 44.4 Å². The summed E-state index contributed by atoms with van der Waals surface area (Å²) in [5.41, 5.74) is -0.384. The Morgan fingerprint density at radius 3 is 2.82 bits per heavy atom. The van der Waals surface area contributed by atoms with Crippen molar-refractivity contribution < 1.29 is 22.8 Å². The zero-order valence-corrected chi connectivity index (χ0v) is 11.9. The molecule has 22 heavy (non-hydrogen) atoms. The molecule has 1 fully saturated rings. The molecular weight excluding hydrogens is 297 g/mol. The van der Waals surface area contributed by atoms with E-state index in [1.54, 1.807) is 0 Å². The van der Waals surface area contributed by atoms with Crippen LogP contribution in [0.1, 0.15) is 36.8 Å². The van der Waals surface area contributed by atoms with Gasteiger partial charge in [-0.1, -0.05) is 18.6 Å². The van der Waals surface area contributed by atoms with Crippen LogP contribution in [0.3, 0.4) is 0 Å². The zero-order chi connectivity index (χ0) is 16.2. The Balaban J connectivity index is 1.94. The molecule has 1 aliphatic rings. The quantitative estimate of drug-likeness (QED) is 0.900. The van der Waals surface area contributed by atoms with Gasteiger partial charge in [-0.15, -0.1) is 0 Å². The lowest BCUT2D eigenvalue weighted by Gasteiger charge is -2.16. The molecular formula is C15H17F3N2O2. The van der Waals surface area contributed by atoms with E-state index in [0.29, 0.717) is 18.4 Å². The second-order valence-electron chi connectivity index (χ2n) is 5.28. The van der Waals surface area contributed by atoms with Gasteiger partial charge < -0.3 is 10.6 Å². The molecule has 1 aromatic carbocycles. The first-order valence-electron chi connectivity index (χ1n) is 7.09. The molecule has 0 spiro atoms. The lowest BCUT2D eigenvalue weighted by molar-refractivity contribution is -0.137. The Labute approximate surface area is 126 Å². The summed E-state index contributed by atoms with van der Waals surface area (Å²) < 4.78 is 37.8. The van der Waals surface area contributed by atoms with Crippen LogP contribution in [0.25, 0.3) is 0 Å². The van der Waals surface area contributed by atoms with Crippen molar-refractivity contribution in [2.75, 3.05) is 0 Å². The van der Waals surface area contributed by atoms with E-state index in [2.05, 4.69) is 10.6 Å². The highest BCUT2D eigenvalue weighted by Crippen LogP contribution is 2.29. The van der Waals surface area contributed by atoms with E-state index in [9.17, 15) is 22.8 Å². The molecule has 1 aromatic rings. The highest BCUT2D eigenvalue weighted by atomic mass is 19.4. The molecule has 7 heteroatoms. The summed E-state index contributed by atoms with van der Waals surface area (Å²) in [6, 6.07) is 4.20. The Kier molecular flexibility index (Phi) is 5.05. The first-order valence-corrected chi connectivity index (χ1v) is 7.09. The maximum Gasteiger partial charge on any atom is 0.416 e. The van der Waals surface area contributed by atoms with Gasteiger partial charge in [0.15, 0.2) is 0 Å². The van der Waals surface area contributed by atoms with Crippen LogP contribution >= 0.6 is 0 Å². The van der Waals surface area contributed by atoms with Crippen molar-refractivity contribution in [3.05, 3.63) is 35.4 Å². The zero-order valence-electron chi connectivity index (χ0n) is 11.9. The topological polar surface area (TPSA) is 58.2 Å². The fourth-order valence-electron chi connectivity index (χ4n) is 2.34. The monoisotopic (exact) mass is 314 g/mol. The minimum absolute atomic E-state index is 0.00484. The van der Waals surface area contributed by atoms with Gasteiger partial charge in [0.2, 0.25) is 11.8 Å². The van der Waals surface area contributed by atoms with Gasteiger partial charge in [0.05, 0.1) is 5.56 Å². The van der Waals surface area contributed by atoms with Gasteiger partial charge in [-0.25, -0.2) is 0 Å². The second-order valence-corrected chi connectivity index (χ2v) is 5.28. The van der Waals surface area contributed by atoms with Crippen LogP contribution < -0.4 is 10.6 Å². The lowest BCUT2D eigenvalue weighted by atomic mass is 10.1. The van der Waals surface area contributed by atoms with Gasteiger partial charge in [0.1, 0.15) is 6.04 Å². The average molecular weight is 314 g/mol. The van der Waals surface area contributed by atoms with Crippen LogP contribution in [-0.4, -0.2) is 17.9 Å². The van der Waals surface area contributed by atoms with E-state index in [0.717, 1.165) is 25.0 Å². The van der Waals surface area contributed by atoms with E-state index >= 15 is 0 Å². The Morgan fingerprint density at radius 1 is 1.32 bits per heavy atom. The fraction of sp³-hybridized carbons (Fsp3) is 0.467. The van der Waals surface area contributed by atoms with Crippen molar-refractivity contribution in [2.24, 2.45) is 0 Å². The number of halogens is 3. The Morgan fingerprint density at radius 2 is 2.09 bits per heavy atom. The highest BCUT2D eigenvalue weighted by Gasteiger charge is 2.30. The summed E-state index contributed by atoms with van der Waals surface area (Å²) in [6.45, 7) is -0.00484. The van der Waals surface area contributed by atoms with Crippen LogP contribution in [-0.2, 0) is 22.3 Å². The van der Waals surface area contributed by atoms with Crippen LogP contribution in [0.5, 0.6) is 0 Å². The summed E-state index contributed by atoms with van der Waals surface area (Å²) in [5.74, 6) is -0.538. The summed E-state index contributed by atoms with van der Waals surface area (Å²) in [6.07, 6.45) is -1.96. The number of benzene rings is 1. The standard InChI is InChI=1S/C15H17F3N2O2/c16-15(17,18)11-5-3-4-10(8-11)9-19-14(22)12-6-1-2-7-13(21)20-12/h3-5,8,12H,1-2,6-7,9H2,(H,19,22)(H,20,21). The third-order valence-corrected chi connectivity index (χ3v) is 3.52. The fourth-order valence-corrected chi connectivity index (χ4v) is 2.34. The van der Waals surface area contributed by atoms with Crippen LogP contribution in [0.15, 0.2) is 24.3 Å². The van der Waals surface area contributed by atoms with Crippen LogP contribution in [0.2, 0.25) is 0 Å². The van der Waals surface area contributed by atoms with E-state index in [-0.39, 0.29) is 18.4 Å². The smallest absolute Gasteiger partial charge is 0.350 e. The molecule has 1 unspecified atom stereocenters. The van der Waals surface area contributed by atoms with Gasteiger partial charge in [-0.3, -0.25) is 9.59 Å². The van der Waals surface area contributed by atoms with Crippen molar-refractivity contribution in [1.82, 2.24) is 10.6 Å². The summed E-state index contributed by atoms with van der Waals surface area (Å²) in [7, 11) is 0. The average Bonchev–Trinajstić information content (AvgIpc) is 2.69. The largest absolute Gasteiger partial charge is 0.416 e. The molecule has 2 rings (SSSR count). The van der Waals surface area contributed by atoms with Crippen molar-refractivity contribution in [3.63, 3.8) is 0 Å². The van der Waals surface area contributed by atoms with Crippen molar-refractivity contribution in [3.8, 4) is 0 Å². The minimum atomic E-state index is -4.41. The molecule has 1 atom stereocenters. The molecule has 0 aromatic heterocycles. The molecule has 120 valence electrons. The van der Waals surface area contributed by atoms with E-state index < -0.39 is 17.8 Å². The summed E-state index contributed by atoms with van der Waals surface area (Å²) in [4.78, 5) is 23.4. The van der Waals surface area contributed by atoms with Gasteiger partial charge in [0, 0.05) is 13.0 Å². The lowest BCUT2D eigenvalue weighted by Crippen LogP contribution is -2.45. The summed E-state index contributed by atoms with van der Waals surface area (Å²) in [5, 5.41) is 5.19. The number of hydrogen-bond donors (Lipinski definition) is 2. The predicted octanol–water partition coefficient (Wildman–Crippen LogP) is 2.38. The number of nitrogens with one attached hydrogen (secondary N) is 2. The molecule has 1 heterocycles. The molecule has 1 aliphatic heterocycles. The maximum absolute atomic E-state index is 12.6. The first kappa shape index (κ1) is 16.3. The van der Waals surface area contributed by atoms with E-state index in [4.69, 9.17) is 0 Å². The van der Waals surface area contributed by atoms with Gasteiger partial charge in [-0.05, 0) is 30.5 Å². The number of alkyl halides is 3. The molecule has 0 bridgehead atoms. The Hall–Kier alpha value is -2.05. The van der Waals surface area contributed by atoms with Gasteiger partial charge >= 0.3 is 6.18 Å². The van der Waals surface area contributed by atoms with Gasteiger partial charge in [0.25, 0.3) is 0 Å². The highest BCUT2D eigenvalue weighted by molar-refractivity contribution is 5.87. The third-order valence-electron chi connectivity index (χ3n) is 3.52. The van der Waals surface area contributed by atoms with E-state index in [1.807, 2.05) is 0 Å². The third kappa shape index (κ3) is 4.47. The van der Waals surface area contributed by atoms with Gasteiger partial charge in [-0.2, -0.15) is 13.2 Å². The maximum atomic E-state index is 12.6. The molecule has 1 saturated heterocycles. The second kappa shape index (κ2) is 6.81. The first-order chi connectivity index (χ1) is 10.4. The van der Waals surface area contributed by atoms with Crippen LogP contribution in [0, 0.1) is 0 Å². The SMILES string of the molecule is O=C1CCCCC(C(=O)NCc2cccc(C(F)(F)F)c2)N1.